The molecule has 120 valence electrons. The molecule has 0 unspecified atom stereocenters. The van der Waals surface area contributed by atoms with Gasteiger partial charge in [0.25, 0.3) is 0 Å². The van der Waals surface area contributed by atoms with Crippen molar-refractivity contribution in [3.05, 3.63) is 65.2 Å². The summed E-state index contributed by atoms with van der Waals surface area (Å²) in [6.45, 7) is 2.06. The molecule has 1 N–H and O–H groups in total. The lowest BCUT2D eigenvalue weighted by Gasteiger charge is -2.07. The van der Waals surface area contributed by atoms with Crippen LogP contribution in [0.4, 0.5) is 5.69 Å². The first-order valence-corrected chi connectivity index (χ1v) is 7.62. The molecule has 0 saturated carbocycles. The molecule has 0 aliphatic carbocycles. The van der Waals surface area contributed by atoms with E-state index in [2.05, 4.69) is 41.2 Å². The number of ether oxygens (including phenoxy) is 1. The van der Waals surface area contributed by atoms with E-state index in [1.165, 1.54) is 18.2 Å². The Hall–Kier alpha value is -2.62. The zero-order valence-electron chi connectivity index (χ0n) is 13.5. The Labute approximate surface area is 136 Å². The second-order valence-corrected chi connectivity index (χ2v) is 5.46. The van der Waals surface area contributed by atoms with Gasteiger partial charge in [0.05, 0.1) is 12.7 Å². The highest BCUT2D eigenvalue weighted by molar-refractivity contribution is 5.94. The maximum atomic E-state index is 12.0. The first kappa shape index (κ1) is 16.7. The quantitative estimate of drug-likeness (QED) is 0.827. The first-order chi connectivity index (χ1) is 11.1. The molecule has 1 amide bonds. The van der Waals surface area contributed by atoms with Crippen molar-refractivity contribution in [2.75, 3.05) is 12.4 Å². The van der Waals surface area contributed by atoms with Crippen molar-refractivity contribution in [3.8, 4) is 0 Å². The van der Waals surface area contributed by atoms with Crippen molar-refractivity contribution in [2.24, 2.45) is 0 Å². The van der Waals surface area contributed by atoms with Gasteiger partial charge in [0.2, 0.25) is 5.91 Å². The summed E-state index contributed by atoms with van der Waals surface area (Å²) in [7, 11) is 1.33. The second-order valence-electron chi connectivity index (χ2n) is 5.46. The van der Waals surface area contributed by atoms with Crippen LogP contribution in [-0.2, 0) is 16.0 Å². The number of methoxy groups -OCH3 is 1. The normalized spacial score (nSPS) is 10.2. The molecule has 0 saturated heterocycles. The topological polar surface area (TPSA) is 55.4 Å². The summed E-state index contributed by atoms with van der Waals surface area (Å²) in [5.74, 6) is -0.473. The fourth-order valence-electron chi connectivity index (χ4n) is 2.27. The third kappa shape index (κ3) is 5.25. The molecule has 2 rings (SSSR count). The Morgan fingerprint density at radius 1 is 1.09 bits per heavy atom. The number of aryl methyl sites for hydroxylation is 2. The summed E-state index contributed by atoms with van der Waals surface area (Å²) in [5.41, 5.74) is 3.49. The highest BCUT2D eigenvalue weighted by Crippen LogP contribution is 2.13. The van der Waals surface area contributed by atoms with E-state index in [9.17, 15) is 9.59 Å². The Bertz CT molecular complexity index is 677. The largest absolute Gasteiger partial charge is 0.465 e. The lowest BCUT2D eigenvalue weighted by Crippen LogP contribution is -2.12. The lowest BCUT2D eigenvalue weighted by atomic mass is 10.1. The van der Waals surface area contributed by atoms with Gasteiger partial charge in [-0.3, -0.25) is 4.79 Å². The second kappa shape index (κ2) is 8.13. The Morgan fingerprint density at radius 3 is 2.52 bits per heavy atom. The van der Waals surface area contributed by atoms with Gasteiger partial charge in [0.15, 0.2) is 0 Å². The van der Waals surface area contributed by atoms with Crippen LogP contribution < -0.4 is 5.32 Å². The standard InChI is InChI=1S/C19H21NO3/c1-14-9-11-15(12-10-14)5-3-8-18(21)20-17-7-4-6-16(13-17)19(22)23-2/h4,6-7,9-13H,3,5,8H2,1-2H3,(H,20,21). The van der Waals surface area contributed by atoms with Crippen LogP contribution in [0.2, 0.25) is 0 Å². The maximum absolute atomic E-state index is 12.0. The van der Waals surface area contributed by atoms with E-state index >= 15 is 0 Å². The predicted octanol–water partition coefficient (Wildman–Crippen LogP) is 3.74. The molecule has 4 heteroatoms. The number of hydrogen-bond donors (Lipinski definition) is 1. The number of benzene rings is 2. The number of nitrogens with one attached hydrogen (secondary N) is 1. The summed E-state index contributed by atoms with van der Waals surface area (Å²) < 4.78 is 4.67. The van der Waals surface area contributed by atoms with Crippen LogP contribution in [0.3, 0.4) is 0 Å². The third-order valence-corrected chi connectivity index (χ3v) is 3.56. The van der Waals surface area contributed by atoms with Gasteiger partial charge in [-0.2, -0.15) is 0 Å². The fraction of sp³-hybridized carbons (Fsp3) is 0.263. The van der Waals surface area contributed by atoms with Gasteiger partial charge < -0.3 is 10.1 Å². The van der Waals surface area contributed by atoms with Gasteiger partial charge in [0.1, 0.15) is 0 Å². The van der Waals surface area contributed by atoms with E-state index in [4.69, 9.17) is 0 Å². The summed E-state index contributed by atoms with van der Waals surface area (Å²) >= 11 is 0. The number of rotatable bonds is 6. The predicted molar refractivity (Wildman–Crippen MR) is 90.5 cm³/mol. The van der Waals surface area contributed by atoms with Gasteiger partial charge in [-0.05, 0) is 43.5 Å². The van der Waals surface area contributed by atoms with E-state index in [-0.39, 0.29) is 5.91 Å². The van der Waals surface area contributed by atoms with Crippen molar-refractivity contribution in [3.63, 3.8) is 0 Å². The molecule has 0 radical (unpaired) electrons. The van der Waals surface area contributed by atoms with Crippen LogP contribution in [-0.4, -0.2) is 19.0 Å². The van der Waals surface area contributed by atoms with Crippen LogP contribution in [0.5, 0.6) is 0 Å². The molecule has 23 heavy (non-hydrogen) atoms. The van der Waals surface area contributed by atoms with Crippen LogP contribution in [0.1, 0.15) is 34.3 Å². The lowest BCUT2D eigenvalue weighted by molar-refractivity contribution is -0.116. The Balaban J connectivity index is 1.82. The molecule has 4 nitrogen and oxygen atoms in total. The van der Waals surface area contributed by atoms with Crippen LogP contribution in [0.15, 0.2) is 48.5 Å². The zero-order chi connectivity index (χ0) is 16.7. The number of hydrogen-bond acceptors (Lipinski definition) is 3. The van der Waals surface area contributed by atoms with Crippen molar-refractivity contribution < 1.29 is 14.3 Å². The van der Waals surface area contributed by atoms with Gasteiger partial charge in [0, 0.05) is 12.1 Å². The van der Waals surface area contributed by atoms with E-state index in [0.717, 1.165) is 12.8 Å². The number of carbonyl (C=O) groups excluding carboxylic acids is 2. The van der Waals surface area contributed by atoms with Crippen molar-refractivity contribution in [1.29, 1.82) is 0 Å². The molecule has 0 bridgehead atoms. The highest BCUT2D eigenvalue weighted by atomic mass is 16.5. The van der Waals surface area contributed by atoms with Gasteiger partial charge in [-0.15, -0.1) is 0 Å². The first-order valence-electron chi connectivity index (χ1n) is 7.62. The summed E-state index contributed by atoms with van der Waals surface area (Å²) in [6, 6.07) is 15.1. The van der Waals surface area contributed by atoms with Crippen molar-refractivity contribution >= 4 is 17.6 Å². The van der Waals surface area contributed by atoms with E-state index in [1.807, 2.05) is 0 Å². The van der Waals surface area contributed by atoms with Crippen LogP contribution in [0.25, 0.3) is 0 Å². The van der Waals surface area contributed by atoms with E-state index in [1.54, 1.807) is 24.3 Å². The zero-order valence-corrected chi connectivity index (χ0v) is 13.5. The number of carbonyl (C=O) groups is 2. The molecule has 2 aromatic carbocycles. The summed E-state index contributed by atoms with van der Waals surface area (Å²) in [5, 5.41) is 2.81. The average Bonchev–Trinajstić information content (AvgIpc) is 2.56. The molecule has 0 heterocycles. The molecule has 0 spiro atoms. The number of amides is 1. The van der Waals surface area contributed by atoms with Gasteiger partial charge >= 0.3 is 5.97 Å². The summed E-state index contributed by atoms with van der Waals surface area (Å²) in [6.07, 6.45) is 2.10. The van der Waals surface area contributed by atoms with E-state index in [0.29, 0.717) is 17.7 Å². The molecule has 0 aromatic heterocycles. The fourth-order valence-corrected chi connectivity index (χ4v) is 2.27. The average molecular weight is 311 g/mol. The minimum Gasteiger partial charge on any atom is -0.465 e. The molecular formula is C19H21NO3. The highest BCUT2D eigenvalue weighted by Gasteiger charge is 2.07. The minimum absolute atomic E-state index is 0.0564. The van der Waals surface area contributed by atoms with Gasteiger partial charge in [-0.25, -0.2) is 4.79 Å². The molecule has 0 aliphatic heterocycles. The van der Waals surface area contributed by atoms with Crippen molar-refractivity contribution in [1.82, 2.24) is 0 Å². The number of anilines is 1. The Morgan fingerprint density at radius 2 is 1.83 bits per heavy atom. The van der Waals surface area contributed by atoms with E-state index < -0.39 is 5.97 Å². The Kier molecular flexibility index (Phi) is 5.92. The molecule has 2 aromatic rings. The molecule has 0 atom stereocenters. The maximum Gasteiger partial charge on any atom is 0.337 e. The van der Waals surface area contributed by atoms with Gasteiger partial charge in [-0.1, -0.05) is 35.9 Å². The van der Waals surface area contributed by atoms with Crippen molar-refractivity contribution in [2.45, 2.75) is 26.2 Å². The van der Waals surface area contributed by atoms with Crippen LogP contribution >= 0.6 is 0 Å². The van der Waals surface area contributed by atoms with Crippen LogP contribution in [0, 0.1) is 6.92 Å². The molecular weight excluding hydrogens is 290 g/mol. The molecule has 0 aliphatic rings. The third-order valence-electron chi connectivity index (χ3n) is 3.56. The SMILES string of the molecule is COC(=O)c1cccc(NC(=O)CCCc2ccc(C)cc2)c1. The summed E-state index contributed by atoms with van der Waals surface area (Å²) in [4.78, 5) is 23.4. The number of esters is 1. The monoisotopic (exact) mass is 311 g/mol. The smallest absolute Gasteiger partial charge is 0.337 e. The minimum atomic E-state index is -0.416. The molecule has 0 fully saturated rings.